The highest BCUT2D eigenvalue weighted by atomic mass is 35.5. The first-order valence-corrected chi connectivity index (χ1v) is 8.12. The predicted octanol–water partition coefficient (Wildman–Crippen LogP) is 2.71. The molecule has 0 saturated carbocycles. The SMILES string of the molecule is COC1CCN(C(=O)c2cc(F)c(C3CCNCC3)cc2F)C1.Cl. The van der Waals surface area contributed by atoms with E-state index in [9.17, 15) is 13.6 Å². The summed E-state index contributed by atoms with van der Waals surface area (Å²) in [7, 11) is 1.59. The van der Waals surface area contributed by atoms with Crippen LogP contribution in [0.2, 0.25) is 0 Å². The van der Waals surface area contributed by atoms with Gasteiger partial charge in [-0.05, 0) is 56.0 Å². The van der Waals surface area contributed by atoms with Gasteiger partial charge in [-0.15, -0.1) is 12.4 Å². The minimum atomic E-state index is -0.634. The molecule has 134 valence electrons. The molecule has 0 aliphatic carbocycles. The van der Waals surface area contributed by atoms with Crippen molar-refractivity contribution in [2.75, 3.05) is 33.3 Å². The van der Waals surface area contributed by atoms with E-state index in [0.717, 1.165) is 38.4 Å². The largest absolute Gasteiger partial charge is 0.380 e. The molecular formula is C17H23ClF2N2O2. The summed E-state index contributed by atoms with van der Waals surface area (Å²) in [4.78, 5) is 13.9. The molecule has 0 aromatic heterocycles. The lowest BCUT2D eigenvalue weighted by Crippen LogP contribution is -2.31. The number of hydrogen-bond acceptors (Lipinski definition) is 3. The van der Waals surface area contributed by atoms with E-state index in [2.05, 4.69) is 5.32 Å². The van der Waals surface area contributed by atoms with E-state index in [1.165, 1.54) is 11.0 Å². The van der Waals surface area contributed by atoms with Crippen LogP contribution in [0.25, 0.3) is 0 Å². The van der Waals surface area contributed by atoms with Crippen LogP contribution in [0.3, 0.4) is 0 Å². The van der Waals surface area contributed by atoms with Gasteiger partial charge in [-0.25, -0.2) is 8.78 Å². The van der Waals surface area contributed by atoms with Crippen LogP contribution in [-0.4, -0.2) is 50.2 Å². The summed E-state index contributed by atoms with van der Waals surface area (Å²) in [6.45, 7) is 2.54. The number of carbonyl (C=O) groups is 1. The minimum absolute atomic E-state index is 0. The Hall–Kier alpha value is -1.24. The van der Waals surface area contributed by atoms with Gasteiger partial charge in [0, 0.05) is 20.2 Å². The Labute approximate surface area is 147 Å². The van der Waals surface area contributed by atoms with Crippen molar-refractivity contribution >= 4 is 18.3 Å². The van der Waals surface area contributed by atoms with Gasteiger partial charge in [0.25, 0.3) is 5.91 Å². The van der Waals surface area contributed by atoms with E-state index in [-0.39, 0.29) is 30.0 Å². The molecule has 2 fully saturated rings. The maximum absolute atomic E-state index is 14.4. The summed E-state index contributed by atoms with van der Waals surface area (Å²) in [6, 6.07) is 2.28. The Kier molecular flexibility index (Phi) is 6.54. The van der Waals surface area contributed by atoms with Crippen molar-refractivity contribution in [3.8, 4) is 0 Å². The average Bonchev–Trinajstić information content (AvgIpc) is 3.06. The van der Waals surface area contributed by atoms with Gasteiger partial charge in [0.05, 0.1) is 11.7 Å². The summed E-state index contributed by atoms with van der Waals surface area (Å²) in [5.41, 5.74) is 0.202. The first-order chi connectivity index (χ1) is 11.1. The molecule has 1 atom stereocenters. The molecule has 3 rings (SSSR count). The number of nitrogens with zero attached hydrogens (tertiary/aromatic N) is 1. The number of methoxy groups -OCH3 is 1. The molecule has 0 radical (unpaired) electrons. The maximum Gasteiger partial charge on any atom is 0.257 e. The highest BCUT2D eigenvalue weighted by Gasteiger charge is 2.30. The fourth-order valence-corrected chi connectivity index (χ4v) is 3.45. The van der Waals surface area contributed by atoms with Crippen LogP contribution in [0.4, 0.5) is 8.78 Å². The Morgan fingerprint density at radius 1 is 1.21 bits per heavy atom. The topological polar surface area (TPSA) is 41.6 Å². The van der Waals surface area contributed by atoms with Gasteiger partial charge in [-0.3, -0.25) is 4.79 Å². The predicted molar refractivity (Wildman–Crippen MR) is 89.8 cm³/mol. The zero-order chi connectivity index (χ0) is 16.4. The van der Waals surface area contributed by atoms with Gasteiger partial charge in [0.15, 0.2) is 0 Å². The molecule has 1 aromatic rings. The number of benzene rings is 1. The second-order valence-corrected chi connectivity index (χ2v) is 6.28. The molecule has 2 saturated heterocycles. The number of amides is 1. The molecule has 1 amide bonds. The number of piperidine rings is 1. The maximum atomic E-state index is 14.4. The molecule has 1 aromatic carbocycles. The van der Waals surface area contributed by atoms with Gasteiger partial charge in [-0.2, -0.15) is 0 Å². The minimum Gasteiger partial charge on any atom is -0.380 e. The van der Waals surface area contributed by atoms with Gasteiger partial charge < -0.3 is 15.0 Å². The number of hydrogen-bond donors (Lipinski definition) is 1. The van der Waals surface area contributed by atoms with Gasteiger partial charge in [-0.1, -0.05) is 0 Å². The Bertz CT molecular complexity index is 594. The number of rotatable bonds is 3. The summed E-state index contributed by atoms with van der Waals surface area (Å²) in [6.07, 6.45) is 2.26. The number of carbonyl (C=O) groups excluding carboxylic acids is 1. The lowest BCUT2D eigenvalue weighted by Gasteiger charge is -2.24. The van der Waals surface area contributed by atoms with Crippen molar-refractivity contribution in [2.45, 2.75) is 31.3 Å². The first-order valence-electron chi connectivity index (χ1n) is 8.12. The normalized spacial score (nSPS) is 21.6. The number of nitrogens with one attached hydrogen (secondary N) is 1. The van der Waals surface area contributed by atoms with E-state index in [4.69, 9.17) is 4.74 Å². The van der Waals surface area contributed by atoms with E-state index >= 15 is 0 Å². The number of halogens is 3. The van der Waals surface area contributed by atoms with Crippen molar-refractivity contribution in [2.24, 2.45) is 0 Å². The van der Waals surface area contributed by atoms with E-state index < -0.39 is 17.5 Å². The van der Waals surface area contributed by atoms with Crippen LogP contribution >= 0.6 is 12.4 Å². The van der Waals surface area contributed by atoms with Crippen molar-refractivity contribution < 1.29 is 18.3 Å². The smallest absolute Gasteiger partial charge is 0.257 e. The molecule has 4 nitrogen and oxygen atoms in total. The Balaban J connectivity index is 0.00000208. The van der Waals surface area contributed by atoms with Gasteiger partial charge in [0.1, 0.15) is 11.6 Å². The summed E-state index contributed by atoms with van der Waals surface area (Å²) in [5.74, 6) is -1.56. The van der Waals surface area contributed by atoms with E-state index in [1.54, 1.807) is 7.11 Å². The van der Waals surface area contributed by atoms with Crippen LogP contribution in [0.15, 0.2) is 12.1 Å². The fourth-order valence-electron chi connectivity index (χ4n) is 3.45. The molecule has 0 spiro atoms. The molecule has 7 heteroatoms. The third-order valence-corrected chi connectivity index (χ3v) is 4.86. The van der Waals surface area contributed by atoms with Gasteiger partial charge in [0.2, 0.25) is 0 Å². The number of ether oxygens (including phenoxy) is 1. The molecule has 2 aliphatic rings. The summed E-state index contributed by atoms with van der Waals surface area (Å²) >= 11 is 0. The Morgan fingerprint density at radius 2 is 1.92 bits per heavy atom. The van der Waals surface area contributed by atoms with Crippen LogP contribution in [0.1, 0.15) is 41.1 Å². The van der Waals surface area contributed by atoms with Crippen molar-refractivity contribution in [1.29, 1.82) is 0 Å². The van der Waals surface area contributed by atoms with Crippen LogP contribution in [0, 0.1) is 11.6 Å². The monoisotopic (exact) mass is 360 g/mol. The lowest BCUT2D eigenvalue weighted by atomic mass is 9.89. The number of likely N-dealkylation sites (tertiary alicyclic amines) is 1. The second kappa shape index (κ2) is 8.23. The van der Waals surface area contributed by atoms with Crippen molar-refractivity contribution in [3.05, 3.63) is 34.9 Å². The zero-order valence-corrected chi connectivity index (χ0v) is 14.5. The Morgan fingerprint density at radius 3 is 2.54 bits per heavy atom. The van der Waals surface area contributed by atoms with Crippen molar-refractivity contribution in [3.63, 3.8) is 0 Å². The molecule has 2 heterocycles. The van der Waals surface area contributed by atoms with Crippen molar-refractivity contribution in [1.82, 2.24) is 10.2 Å². The summed E-state index contributed by atoms with van der Waals surface area (Å²) < 4.78 is 34.0. The molecule has 0 bridgehead atoms. The third-order valence-electron chi connectivity index (χ3n) is 4.86. The lowest BCUT2D eigenvalue weighted by molar-refractivity contribution is 0.0719. The van der Waals surface area contributed by atoms with Gasteiger partial charge >= 0.3 is 0 Å². The highest BCUT2D eigenvalue weighted by Crippen LogP contribution is 2.30. The fraction of sp³-hybridized carbons (Fsp3) is 0.588. The highest BCUT2D eigenvalue weighted by molar-refractivity contribution is 5.94. The van der Waals surface area contributed by atoms with Crippen LogP contribution < -0.4 is 5.32 Å². The molecule has 1 unspecified atom stereocenters. The molecular weight excluding hydrogens is 338 g/mol. The van der Waals surface area contributed by atoms with E-state index in [0.29, 0.717) is 18.7 Å². The zero-order valence-electron chi connectivity index (χ0n) is 13.7. The quantitative estimate of drug-likeness (QED) is 0.901. The summed E-state index contributed by atoms with van der Waals surface area (Å²) in [5, 5.41) is 3.21. The molecule has 2 aliphatic heterocycles. The van der Waals surface area contributed by atoms with Crippen LogP contribution in [0.5, 0.6) is 0 Å². The first kappa shape index (κ1) is 19.1. The standard InChI is InChI=1S/C17H22F2N2O2.ClH/c1-23-12-4-7-21(10-12)17(22)14-9-15(18)13(8-16(14)19)11-2-5-20-6-3-11;/h8-9,11-12,20H,2-7,10H2,1H3;1H. The second-order valence-electron chi connectivity index (χ2n) is 6.28. The van der Waals surface area contributed by atoms with Crippen LogP contribution in [-0.2, 0) is 4.74 Å². The molecule has 1 N–H and O–H groups in total. The third kappa shape index (κ3) is 3.87. The van der Waals surface area contributed by atoms with E-state index in [1.807, 2.05) is 0 Å². The molecule has 24 heavy (non-hydrogen) atoms. The average molecular weight is 361 g/mol.